The van der Waals surface area contributed by atoms with Gasteiger partial charge in [0.2, 0.25) is 0 Å². The van der Waals surface area contributed by atoms with Crippen LogP contribution >= 0.6 is 0 Å². The first-order valence-corrected chi connectivity index (χ1v) is 6.67. The fraction of sp³-hybridized carbons (Fsp3) is 0.500. The van der Waals surface area contributed by atoms with E-state index in [2.05, 4.69) is 52.1 Å². The number of imidazole rings is 1. The molecule has 1 N–H and O–H groups in total. The first-order chi connectivity index (χ1) is 9.22. The molecule has 2 heterocycles. The van der Waals surface area contributed by atoms with E-state index < -0.39 is 0 Å². The third-order valence-electron chi connectivity index (χ3n) is 3.48. The molecule has 0 spiro atoms. The second kappa shape index (κ2) is 5.19. The van der Waals surface area contributed by atoms with Crippen molar-refractivity contribution >= 4 is 16.7 Å². The van der Waals surface area contributed by atoms with Gasteiger partial charge in [0.25, 0.3) is 0 Å². The molecule has 1 unspecified atom stereocenters. The number of hydrogen-bond acceptors (Lipinski definition) is 4. The minimum atomic E-state index is 0.279. The maximum absolute atomic E-state index is 5.81. The summed E-state index contributed by atoms with van der Waals surface area (Å²) in [6, 6.07) is 6.37. The molecule has 0 aliphatic carbocycles. The van der Waals surface area contributed by atoms with E-state index in [-0.39, 0.29) is 6.10 Å². The van der Waals surface area contributed by atoms with Crippen LogP contribution in [0.15, 0.2) is 24.5 Å². The van der Waals surface area contributed by atoms with E-state index in [0.29, 0.717) is 0 Å². The second-order valence-corrected chi connectivity index (χ2v) is 5.31. The average molecular weight is 260 g/mol. The normalized spacial score (nSPS) is 20.4. The summed E-state index contributed by atoms with van der Waals surface area (Å²) in [5.74, 6) is 0. The van der Waals surface area contributed by atoms with Crippen molar-refractivity contribution in [2.45, 2.75) is 6.10 Å². The number of aromatic nitrogens is 2. The number of ether oxygens (including phenoxy) is 1. The summed E-state index contributed by atoms with van der Waals surface area (Å²) >= 11 is 0. The van der Waals surface area contributed by atoms with Crippen molar-refractivity contribution in [2.75, 3.05) is 45.2 Å². The van der Waals surface area contributed by atoms with Gasteiger partial charge in [0, 0.05) is 25.3 Å². The summed E-state index contributed by atoms with van der Waals surface area (Å²) in [5.41, 5.74) is 3.35. The molecular weight excluding hydrogens is 240 g/mol. The topological polar surface area (TPSA) is 44.4 Å². The van der Waals surface area contributed by atoms with Crippen LogP contribution in [0.3, 0.4) is 0 Å². The predicted octanol–water partition coefficient (Wildman–Crippen LogP) is 1.33. The monoisotopic (exact) mass is 260 g/mol. The Kier molecular flexibility index (Phi) is 3.40. The highest BCUT2D eigenvalue weighted by molar-refractivity contribution is 5.79. The lowest BCUT2D eigenvalue weighted by Crippen LogP contribution is -2.46. The van der Waals surface area contributed by atoms with E-state index in [1.807, 2.05) is 0 Å². The molecule has 102 valence electrons. The standard InChI is InChI=1S/C14H20N4O/c1-17(2)8-12-9-18(5-6-19-12)11-3-4-13-14(7-11)16-10-15-13/h3-4,7,10,12H,5-6,8-9H2,1-2H3,(H,15,16). The fourth-order valence-electron chi connectivity index (χ4n) is 2.59. The molecule has 1 aliphatic rings. The van der Waals surface area contributed by atoms with Crippen molar-refractivity contribution in [1.82, 2.24) is 14.9 Å². The van der Waals surface area contributed by atoms with Crippen LogP contribution < -0.4 is 4.90 Å². The zero-order valence-corrected chi connectivity index (χ0v) is 11.5. The molecule has 1 saturated heterocycles. The van der Waals surface area contributed by atoms with Crippen LogP contribution in [-0.4, -0.2) is 61.3 Å². The van der Waals surface area contributed by atoms with Gasteiger partial charge in [-0.2, -0.15) is 0 Å². The quantitative estimate of drug-likeness (QED) is 0.904. The summed E-state index contributed by atoms with van der Waals surface area (Å²) in [6.07, 6.45) is 2.02. The summed E-state index contributed by atoms with van der Waals surface area (Å²) in [6.45, 7) is 3.64. The third kappa shape index (κ3) is 2.72. The molecule has 2 aromatic rings. The minimum absolute atomic E-state index is 0.279. The molecule has 5 nitrogen and oxygen atoms in total. The van der Waals surface area contributed by atoms with E-state index in [9.17, 15) is 0 Å². The maximum Gasteiger partial charge on any atom is 0.0931 e. The van der Waals surface area contributed by atoms with Crippen LogP contribution in [0.4, 0.5) is 5.69 Å². The van der Waals surface area contributed by atoms with E-state index in [1.165, 1.54) is 5.69 Å². The van der Waals surface area contributed by atoms with Gasteiger partial charge in [-0.1, -0.05) is 0 Å². The van der Waals surface area contributed by atoms with Crippen LogP contribution in [0.5, 0.6) is 0 Å². The molecule has 0 bridgehead atoms. The molecule has 0 amide bonds. The number of likely N-dealkylation sites (N-methyl/N-ethyl adjacent to an activating group) is 1. The van der Waals surface area contributed by atoms with Crippen LogP contribution in [0.25, 0.3) is 11.0 Å². The lowest BCUT2D eigenvalue weighted by molar-refractivity contribution is 0.0248. The van der Waals surface area contributed by atoms with Crippen LogP contribution in [0.2, 0.25) is 0 Å². The number of fused-ring (bicyclic) bond motifs is 1. The van der Waals surface area contributed by atoms with Gasteiger partial charge in [-0.25, -0.2) is 4.98 Å². The van der Waals surface area contributed by atoms with Gasteiger partial charge in [0.1, 0.15) is 0 Å². The van der Waals surface area contributed by atoms with E-state index in [1.54, 1.807) is 6.33 Å². The number of nitrogens with zero attached hydrogens (tertiary/aromatic N) is 3. The summed E-state index contributed by atoms with van der Waals surface area (Å²) < 4.78 is 5.81. The van der Waals surface area contributed by atoms with Gasteiger partial charge >= 0.3 is 0 Å². The van der Waals surface area contributed by atoms with Gasteiger partial charge in [-0.15, -0.1) is 0 Å². The Morgan fingerprint density at radius 1 is 1.47 bits per heavy atom. The third-order valence-corrected chi connectivity index (χ3v) is 3.48. The largest absolute Gasteiger partial charge is 0.373 e. The molecule has 0 saturated carbocycles. The summed E-state index contributed by atoms with van der Waals surface area (Å²) in [7, 11) is 4.16. The maximum atomic E-state index is 5.81. The smallest absolute Gasteiger partial charge is 0.0931 e. The van der Waals surface area contributed by atoms with Crippen molar-refractivity contribution < 1.29 is 4.74 Å². The molecule has 1 aromatic heterocycles. The predicted molar refractivity (Wildman–Crippen MR) is 76.6 cm³/mol. The minimum Gasteiger partial charge on any atom is -0.373 e. The van der Waals surface area contributed by atoms with Crippen LogP contribution in [-0.2, 0) is 4.74 Å². The molecule has 19 heavy (non-hydrogen) atoms. The molecule has 5 heteroatoms. The Morgan fingerprint density at radius 3 is 3.21 bits per heavy atom. The molecule has 3 rings (SSSR count). The van der Waals surface area contributed by atoms with Gasteiger partial charge in [-0.3, -0.25) is 0 Å². The average Bonchev–Trinajstić information content (AvgIpc) is 2.85. The Hall–Kier alpha value is -1.59. The van der Waals surface area contributed by atoms with E-state index in [0.717, 1.165) is 37.3 Å². The van der Waals surface area contributed by atoms with E-state index >= 15 is 0 Å². The zero-order chi connectivity index (χ0) is 13.2. The second-order valence-electron chi connectivity index (χ2n) is 5.31. The molecule has 1 fully saturated rings. The first-order valence-electron chi connectivity index (χ1n) is 6.67. The molecule has 1 aliphatic heterocycles. The number of nitrogens with one attached hydrogen (secondary N) is 1. The Labute approximate surface area is 113 Å². The number of H-pyrrole nitrogens is 1. The van der Waals surface area contributed by atoms with Crippen molar-refractivity contribution in [3.63, 3.8) is 0 Å². The number of hydrogen-bond donors (Lipinski definition) is 1. The number of rotatable bonds is 3. The van der Waals surface area contributed by atoms with Crippen LogP contribution in [0, 0.1) is 0 Å². The number of morpholine rings is 1. The van der Waals surface area contributed by atoms with Crippen molar-refractivity contribution in [1.29, 1.82) is 0 Å². The van der Waals surface area contributed by atoms with Crippen molar-refractivity contribution in [3.8, 4) is 0 Å². The number of aromatic amines is 1. The fourth-order valence-corrected chi connectivity index (χ4v) is 2.59. The SMILES string of the molecule is CN(C)CC1CN(c2ccc3nc[nH]c3c2)CCO1. The summed E-state index contributed by atoms with van der Waals surface area (Å²) in [4.78, 5) is 12.0. The Bertz CT molecular complexity index is 551. The number of anilines is 1. The highest BCUT2D eigenvalue weighted by Crippen LogP contribution is 2.22. The van der Waals surface area contributed by atoms with Gasteiger partial charge in [-0.05, 0) is 32.3 Å². The molecule has 0 radical (unpaired) electrons. The lowest BCUT2D eigenvalue weighted by Gasteiger charge is -2.35. The highest BCUT2D eigenvalue weighted by Gasteiger charge is 2.21. The van der Waals surface area contributed by atoms with E-state index in [4.69, 9.17) is 4.74 Å². The number of benzene rings is 1. The molecule has 1 aromatic carbocycles. The Morgan fingerprint density at radius 2 is 2.37 bits per heavy atom. The van der Waals surface area contributed by atoms with Gasteiger partial charge in [0.05, 0.1) is 30.1 Å². The highest BCUT2D eigenvalue weighted by atomic mass is 16.5. The van der Waals surface area contributed by atoms with Gasteiger partial charge < -0.3 is 19.5 Å². The van der Waals surface area contributed by atoms with Crippen molar-refractivity contribution in [3.05, 3.63) is 24.5 Å². The molecule has 1 atom stereocenters. The first kappa shape index (κ1) is 12.4. The van der Waals surface area contributed by atoms with Crippen molar-refractivity contribution in [2.24, 2.45) is 0 Å². The lowest BCUT2D eigenvalue weighted by atomic mass is 10.2. The Balaban J connectivity index is 1.76. The summed E-state index contributed by atoms with van der Waals surface area (Å²) in [5, 5.41) is 0. The van der Waals surface area contributed by atoms with Gasteiger partial charge in [0.15, 0.2) is 0 Å². The molecular formula is C14H20N4O. The van der Waals surface area contributed by atoms with Crippen LogP contribution in [0.1, 0.15) is 0 Å². The zero-order valence-electron chi connectivity index (χ0n) is 11.5.